The third-order valence-electron chi connectivity index (χ3n) is 4.32. The van der Waals surface area contributed by atoms with Gasteiger partial charge in [-0.1, -0.05) is 0 Å². The second-order valence-corrected chi connectivity index (χ2v) is 8.27. The summed E-state index contributed by atoms with van der Waals surface area (Å²) in [6, 6.07) is 0.180. The molecule has 128 valence electrons. The fourth-order valence-corrected chi connectivity index (χ4v) is 3.63. The molecule has 0 N–H and O–H groups in total. The minimum atomic E-state index is -3.10. The Balaban J connectivity index is 1.92. The van der Waals surface area contributed by atoms with E-state index in [4.69, 9.17) is 9.47 Å². The highest BCUT2D eigenvalue weighted by Gasteiger charge is 2.38. The molecule has 0 aromatic carbocycles. The quantitative estimate of drug-likeness (QED) is 0.644. The lowest BCUT2D eigenvalue weighted by Crippen LogP contribution is -2.61. The van der Waals surface area contributed by atoms with Crippen molar-refractivity contribution < 1.29 is 22.7 Å². The molecule has 0 radical (unpaired) electrons. The van der Waals surface area contributed by atoms with Gasteiger partial charge in [-0.3, -0.25) is 9.69 Å². The van der Waals surface area contributed by atoms with Crippen molar-refractivity contribution in [3.8, 4) is 0 Å². The maximum absolute atomic E-state index is 12.2. The Morgan fingerprint density at radius 2 is 2.14 bits per heavy atom. The summed E-state index contributed by atoms with van der Waals surface area (Å²) in [5, 5.41) is 0. The number of morpholine rings is 1. The normalized spacial score (nSPS) is 26.7. The van der Waals surface area contributed by atoms with Crippen molar-refractivity contribution in [2.45, 2.75) is 25.0 Å². The minimum Gasteiger partial charge on any atom is -0.383 e. The van der Waals surface area contributed by atoms with Gasteiger partial charge in [-0.05, 0) is 6.42 Å². The molecule has 0 aliphatic carbocycles. The molecule has 2 aliphatic rings. The molecule has 2 rings (SSSR count). The third kappa shape index (κ3) is 4.91. The molecule has 7 nitrogen and oxygen atoms in total. The predicted octanol–water partition coefficient (Wildman–Crippen LogP) is -0.631. The maximum atomic E-state index is 12.2. The van der Waals surface area contributed by atoms with E-state index >= 15 is 0 Å². The van der Waals surface area contributed by atoms with Gasteiger partial charge in [0.2, 0.25) is 5.91 Å². The summed E-state index contributed by atoms with van der Waals surface area (Å²) < 4.78 is 33.4. The molecule has 0 spiro atoms. The van der Waals surface area contributed by atoms with Gasteiger partial charge in [0.05, 0.1) is 31.1 Å². The summed E-state index contributed by atoms with van der Waals surface area (Å²) in [7, 11) is -1.42. The number of rotatable bonds is 6. The number of carbonyl (C=O) groups excluding carboxylic acids is 1. The van der Waals surface area contributed by atoms with Crippen LogP contribution in [0.2, 0.25) is 0 Å². The highest BCUT2D eigenvalue weighted by molar-refractivity contribution is 7.90. The number of likely N-dealkylation sites (tertiary alicyclic amines) is 1. The van der Waals surface area contributed by atoms with Crippen molar-refractivity contribution in [2.75, 3.05) is 58.5 Å². The van der Waals surface area contributed by atoms with Crippen LogP contribution < -0.4 is 0 Å². The van der Waals surface area contributed by atoms with E-state index < -0.39 is 9.84 Å². The van der Waals surface area contributed by atoms with Crippen molar-refractivity contribution in [1.82, 2.24) is 9.80 Å². The molecule has 0 aromatic heterocycles. The Labute approximate surface area is 132 Å². The van der Waals surface area contributed by atoms with E-state index in [-0.39, 0.29) is 30.2 Å². The largest absolute Gasteiger partial charge is 0.383 e. The van der Waals surface area contributed by atoms with Crippen molar-refractivity contribution in [2.24, 2.45) is 0 Å². The van der Waals surface area contributed by atoms with Crippen LogP contribution in [-0.4, -0.2) is 94.8 Å². The summed E-state index contributed by atoms with van der Waals surface area (Å²) in [6.45, 7) is 4.29. The van der Waals surface area contributed by atoms with Gasteiger partial charge in [-0.25, -0.2) is 8.42 Å². The van der Waals surface area contributed by atoms with E-state index in [0.717, 1.165) is 25.8 Å². The van der Waals surface area contributed by atoms with Crippen LogP contribution in [0.5, 0.6) is 0 Å². The minimum absolute atomic E-state index is 0.0646. The molecule has 0 bridgehead atoms. The number of amides is 1. The van der Waals surface area contributed by atoms with E-state index in [1.165, 1.54) is 0 Å². The molecule has 1 amide bonds. The van der Waals surface area contributed by atoms with Crippen LogP contribution in [0.25, 0.3) is 0 Å². The first kappa shape index (κ1) is 17.7. The zero-order valence-electron chi connectivity index (χ0n) is 13.4. The zero-order chi connectivity index (χ0) is 16.2. The molecule has 2 atom stereocenters. The number of carbonyl (C=O) groups is 1. The van der Waals surface area contributed by atoms with Crippen molar-refractivity contribution in [1.29, 1.82) is 0 Å². The number of sulfone groups is 1. The SMILES string of the molecule is COCCN1CCO[C@H]2CCN(C(=O)CCS(C)(=O)=O)C[C@@H]21. The Kier molecular flexibility index (Phi) is 6.19. The highest BCUT2D eigenvalue weighted by Crippen LogP contribution is 2.23. The van der Waals surface area contributed by atoms with Gasteiger partial charge in [0.15, 0.2) is 0 Å². The van der Waals surface area contributed by atoms with E-state index in [2.05, 4.69) is 4.90 Å². The lowest BCUT2D eigenvalue weighted by Gasteiger charge is -2.47. The highest BCUT2D eigenvalue weighted by atomic mass is 32.2. The van der Waals surface area contributed by atoms with E-state index in [1.807, 2.05) is 0 Å². The first-order valence-electron chi connectivity index (χ1n) is 7.71. The molecule has 2 fully saturated rings. The molecule has 2 saturated heterocycles. The van der Waals surface area contributed by atoms with Gasteiger partial charge in [0.25, 0.3) is 0 Å². The first-order valence-corrected chi connectivity index (χ1v) is 9.77. The molecule has 0 unspecified atom stereocenters. The van der Waals surface area contributed by atoms with Gasteiger partial charge < -0.3 is 14.4 Å². The van der Waals surface area contributed by atoms with Crippen LogP contribution in [-0.2, 0) is 24.1 Å². The van der Waals surface area contributed by atoms with Crippen LogP contribution >= 0.6 is 0 Å². The molecule has 8 heteroatoms. The molecule has 2 aliphatic heterocycles. The first-order chi connectivity index (χ1) is 10.4. The lowest BCUT2D eigenvalue weighted by atomic mass is 9.98. The Hall–Kier alpha value is -0.700. The number of hydrogen-bond acceptors (Lipinski definition) is 6. The van der Waals surface area contributed by atoms with E-state index in [0.29, 0.717) is 26.3 Å². The summed E-state index contributed by atoms with van der Waals surface area (Å²) in [5.74, 6) is -0.165. The molecule has 0 saturated carbocycles. The van der Waals surface area contributed by atoms with Crippen LogP contribution in [0.4, 0.5) is 0 Å². The number of methoxy groups -OCH3 is 1. The van der Waals surface area contributed by atoms with Crippen LogP contribution in [0.3, 0.4) is 0 Å². The van der Waals surface area contributed by atoms with Gasteiger partial charge in [0.1, 0.15) is 9.84 Å². The summed E-state index contributed by atoms with van der Waals surface area (Å²) in [4.78, 5) is 16.3. The molecule has 2 heterocycles. The maximum Gasteiger partial charge on any atom is 0.223 e. The average Bonchev–Trinajstić information content (AvgIpc) is 2.49. The summed E-state index contributed by atoms with van der Waals surface area (Å²) >= 11 is 0. The lowest BCUT2D eigenvalue weighted by molar-refractivity contribution is -0.143. The smallest absolute Gasteiger partial charge is 0.223 e. The Morgan fingerprint density at radius 1 is 1.36 bits per heavy atom. The Bertz CT molecular complexity index is 482. The van der Waals surface area contributed by atoms with Crippen LogP contribution in [0.15, 0.2) is 0 Å². The molecule has 22 heavy (non-hydrogen) atoms. The number of hydrogen-bond donors (Lipinski definition) is 0. The molecular weight excluding hydrogens is 308 g/mol. The molecule has 0 aromatic rings. The van der Waals surface area contributed by atoms with Crippen LogP contribution in [0, 0.1) is 0 Å². The Morgan fingerprint density at radius 3 is 2.82 bits per heavy atom. The third-order valence-corrected chi connectivity index (χ3v) is 5.27. The van der Waals surface area contributed by atoms with Gasteiger partial charge in [-0.15, -0.1) is 0 Å². The van der Waals surface area contributed by atoms with Crippen molar-refractivity contribution in [3.05, 3.63) is 0 Å². The predicted molar refractivity (Wildman–Crippen MR) is 82.5 cm³/mol. The molecular formula is C14H26N2O5S. The fourth-order valence-electron chi connectivity index (χ4n) is 3.09. The number of fused-ring (bicyclic) bond motifs is 1. The van der Waals surface area contributed by atoms with E-state index in [1.54, 1.807) is 12.0 Å². The second kappa shape index (κ2) is 7.72. The number of ether oxygens (including phenoxy) is 2. The van der Waals surface area contributed by atoms with Crippen molar-refractivity contribution in [3.63, 3.8) is 0 Å². The van der Waals surface area contributed by atoms with E-state index in [9.17, 15) is 13.2 Å². The van der Waals surface area contributed by atoms with Crippen LogP contribution in [0.1, 0.15) is 12.8 Å². The second-order valence-electron chi connectivity index (χ2n) is 6.01. The standard InChI is InChI=1S/C14H26N2O5S/c1-20-8-6-15-7-9-21-13-3-5-16(11-12(13)15)14(17)4-10-22(2,18)19/h12-13H,3-11H2,1-2H3/t12-,13-/m0/s1. The number of piperidine rings is 1. The van der Waals surface area contributed by atoms with Gasteiger partial charge in [-0.2, -0.15) is 0 Å². The topological polar surface area (TPSA) is 76.2 Å². The average molecular weight is 334 g/mol. The van der Waals surface area contributed by atoms with Gasteiger partial charge >= 0.3 is 0 Å². The monoisotopic (exact) mass is 334 g/mol. The summed E-state index contributed by atoms with van der Waals surface area (Å²) in [5.41, 5.74) is 0. The fraction of sp³-hybridized carbons (Fsp3) is 0.929. The number of nitrogens with zero attached hydrogens (tertiary/aromatic N) is 2. The summed E-state index contributed by atoms with van der Waals surface area (Å²) in [6.07, 6.45) is 2.19. The van der Waals surface area contributed by atoms with Gasteiger partial charge in [0, 0.05) is 46.0 Å². The zero-order valence-corrected chi connectivity index (χ0v) is 14.2. The van der Waals surface area contributed by atoms with Crippen molar-refractivity contribution >= 4 is 15.7 Å².